The number of hydrogen-bond acceptors (Lipinski definition) is 5. The van der Waals surface area contributed by atoms with Gasteiger partial charge in [-0.2, -0.15) is 5.10 Å². The van der Waals surface area contributed by atoms with Crippen molar-refractivity contribution in [2.24, 2.45) is 0 Å². The van der Waals surface area contributed by atoms with E-state index >= 15 is 0 Å². The Morgan fingerprint density at radius 1 is 1.35 bits per heavy atom. The van der Waals surface area contributed by atoms with Gasteiger partial charge in [-0.25, -0.2) is 4.52 Å². The molecule has 0 aliphatic heterocycles. The summed E-state index contributed by atoms with van der Waals surface area (Å²) >= 11 is 6.95. The fourth-order valence-electron chi connectivity index (χ4n) is 1.53. The molecule has 0 aliphatic rings. The highest BCUT2D eigenvalue weighted by molar-refractivity contribution is 7.15. The first-order valence-electron chi connectivity index (χ1n) is 4.75. The van der Waals surface area contributed by atoms with Crippen molar-refractivity contribution in [1.82, 2.24) is 24.4 Å². The van der Waals surface area contributed by atoms with E-state index in [0.29, 0.717) is 21.5 Å². The van der Waals surface area contributed by atoms with Crippen LogP contribution >= 0.6 is 22.9 Å². The van der Waals surface area contributed by atoms with E-state index in [-0.39, 0.29) is 5.56 Å². The van der Waals surface area contributed by atoms with Crippen LogP contribution in [0.1, 0.15) is 5.01 Å². The van der Waals surface area contributed by atoms with Gasteiger partial charge in [0, 0.05) is 12.4 Å². The van der Waals surface area contributed by atoms with Crippen LogP contribution in [0.3, 0.4) is 0 Å². The summed E-state index contributed by atoms with van der Waals surface area (Å²) in [6.45, 7) is 0.366. The van der Waals surface area contributed by atoms with E-state index in [0.717, 1.165) is 0 Å². The lowest BCUT2D eigenvalue weighted by atomic mass is 10.5. The predicted octanol–water partition coefficient (Wildman–Crippen LogP) is 1.05. The average molecular weight is 268 g/mol. The third-order valence-electron chi connectivity index (χ3n) is 2.29. The molecule has 0 fully saturated rings. The molecule has 0 bridgehead atoms. The van der Waals surface area contributed by atoms with E-state index in [1.807, 2.05) is 0 Å². The first kappa shape index (κ1) is 10.4. The standard InChI is InChI=1S/C9H6ClN5OS/c10-9-13-12-7(17-9)5-14-3-4-15-6(8(14)16)1-2-11-15/h1-4H,5H2. The number of aromatic nitrogens is 5. The highest BCUT2D eigenvalue weighted by Crippen LogP contribution is 2.15. The van der Waals surface area contributed by atoms with Gasteiger partial charge >= 0.3 is 0 Å². The molecule has 0 spiro atoms. The summed E-state index contributed by atoms with van der Waals surface area (Å²) in [4.78, 5) is 12.0. The second-order valence-corrected chi connectivity index (χ2v) is 4.99. The van der Waals surface area contributed by atoms with Gasteiger partial charge in [-0.1, -0.05) is 11.3 Å². The topological polar surface area (TPSA) is 65.1 Å². The van der Waals surface area contributed by atoms with Crippen LogP contribution in [0.4, 0.5) is 0 Å². The monoisotopic (exact) mass is 267 g/mol. The lowest BCUT2D eigenvalue weighted by Crippen LogP contribution is -2.21. The summed E-state index contributed by atoms with van der Waals surface area (Å²) in [6, 6.07) is 1.67. The molecule has 3 aromatic heterocycles. The van der Waals surface area contributed by atoms with Gasteiger partial charge in [-0.15, -0.1) is 10.2 Å². The quantitative estimate of drug-likeness (QED) is 0.696. The lowest BCUT2D eigenvalue weighted by molar-refractivity contribution is 0.730. The molecule has 0 atom stereocenters. The van der Waals surface area contributed by atoms with Crippen LogP contribution in [-0.4, -0.2) is 24.4 Å². The first-order chi connectivity index (χ1) is 8.24. The molecule has 0 amide bonds. The van der Waals surface area contributed by atoms with Crippen LogP contribution < -0.4 is 5.56 Å². The van der Waals surface area contributed by atoms with E-state index in [1.165, 1.54) is 15.9 Å². The van der Waals surface area contributed by atoms with Crippen LogP contribution in [0.15, 0.2) is 29.5 Å². The third-order valence-corrected chi connectivity index (χ3v) is 3.29. The van der Waals surface area contributed by atoms with Crippen molar-refractivity contribution in [2.45, 2.75) is 6.54 Å². The summed E-state index contributed by atoms with van der Waals surface area (Å²) in [5.74, 6) is 0. The van der Waals surface area contributed by atoms with Gasteiger partial charge in [0.05, 0.1) is 12.7 Å². The minimum absolute atomic E-state index is 0.115. The Hall–Kier alpha value is -1.73. The molecule has 3 rings (SSSR count). The van der Waals surface area contributed by atoms with Crippen molar-refractivity contribution in [3.8, 4) is 0 Å². The Bertz CT molecular complexity index is 730. The van der Waals surface area contributed by atoms with E-state index < -0.39 is 0 Å². The maximum atomic E-state index is 12.0. The molecule has 0 radical (unpaired) electrons. The van der Waals surface area contributed by atoms with Gasteiger partial charge in [0.25, 0.3) is 5.56 Å². The molecule has 0 N–H and O–H groups in total. The molecule has 86 valence electrons. The van der Waals surface area contributed by atoms with Crippen LogP contribution in [-0.2, 0) is 6.54 Å². The van der Waals surface area contributed by atoms with Crippen molar-refractivity contribution >= 4 is 28.5 Å². The molecule has 6 nitrogen and oxygen atoms in total. The van der Waals surface area contributed by atoms with Crippen molar-refractivity contribution in [2.75, 3.05) is 0 Å². The van der Waals surface area contributed by atoms with E-state index in [1.54, 1.807) is 29.2 Å². The molecule has 0 aliphatic carbocycles. The zero-order chi connectivity index (χ0) is 11.8. The Morgan fingerprint density at radius 2 is 2.24 bits per heavy atom. The molecule has 17 heavy (non-hydrogen) atoms. The van der Waals surface area contributed by atoms with Gasteiger partial charge < -0.3 is 4.57 Å². The predicted molar refractivity (Wildman–Crippen MR) is 63.5 cm³/mol. The Balaban J connectivity index is 2.06. The molecule has 3 aromatic rings. The summed E-state index contributed by atoms with van der Waals surface area (Å²) in [5, 5.41) is 12.3. The molecule has 8 heteroatoms. The number of fused-ring (bicyclic) bond motifs is 1. The zero-order valence-corrected chi connectivity index (χ0v) is 10.0. The fraction of sp³-hybridized carbons (Fsp3) is 0.111. The van der Waals surface area contributed by atoms with Gasteiger partial charge in [0.2, 0.25) is 4.47 Å². The summed E-state index contributed by atoms with van der Waals surface area (Å²) < 4.78 is 3.46. The number of rotatable bonds is 2. The van der Waals surface area contributed by atoms with Gasteiger partial charge in [0.15, 0.2) is 0 Å². The summed E-state index contributed by atoms with van der Waals surface area (Å²) in [7, 11) is 0. The maximum absolute atomic E-state index is 12.0. The van der Waals surface area contributed by atoms with Crippen LogP contribution in [0, 0.1) is 0 Å². The van der Waals surface area contributed by atoms with Crippen molar-refractivity contribution in [1.29, 1.82) is 0 Å². The first-order valence-corrected chi connectivity index (χ1v) is 5.94. The molecule has 0 saturated heterocycles. The third kappa shape index (κ3) is 1.83. The molecule has 0 saturated carbocycles. The average Bonchev–Trinajstić information content (AvgIpc) is 2.92. The Kier molecular flexibility index (Phi) is 2.41. The largest absolute Gasteiger partial charge is 0.305 e. The normalized spacial score (nSPS) is 11.1. The van der Waals surface area contributed by atoms with E-state index in [4.69, 9.17) is 11.6 Å². The Morgan fingerprint density at radius 3 is 3.00 bits per heavy atom. The molecular weight excluding hydrogens is 262 g/mol. The summed E-state index contributed by atoms with van der Waals surface area (Å²) in [6.07, 6.45) is 4.97. The number of nitrogens with zero attached hydrogens (tertiary/aromatic N) is 5. The smallest absolute Gasteiger partial charge is 0.276 e. The van der Waals surface area contributed by atoms with Crippen molar-refractivity contribution in [3.05, 3.63) is 44.5 Å². The van der Waals surface area contributed by atoms with Crippen LogP contribution in [0.25, 0.3) is 5.52 Å². The minimum atomic E-state index is -0.115. The number of halogens is 1. The summed E-state index contributed by atoms with van der Waals surface area (Å²) in [5.41, 5.74) is 0.416. The van der Waals surface area contributed by atoms with E-state index in [2.05, 4.69) is 15.3 Å². The molecule has 0 aromatic carbocycles. The van der Waals surface area contributed by atoms with E-state index in [9.17, 15) is 4.79 Å². The Labute approximate surface area is 104 Å². The van der Waals surface area contributed by atoms with Crippen LogP contribution in [0.5, 0.6) is 0 Å². The van der Waals surface area contributed by atoms with Crippen molar-refractivity contribution < 1.29 is 0 Å². The highest BCUT2D eigenvalue weighted by Gasteiger charge is 2.07. The van der Waals surface area contributed by atoms with Gasteiger partial charge in [-0.3, -0.25) is 4.79 Å². The second kappa shape index (κ2) is 3.94. The molecule has 0 unspecified atom stereocenters. The highest BCUT2D eigenvalue weighted by atomic mass is 35.5. The van der Waals surface area contributed by atoms with Gasteiger partial charge in [0.1, 0.15) is 10.5 Å². The minimum Gasteiger partial charge on any atom is -0.305 e. The molecule has 3 heterocycles. The SMILES string of the molecule is O=c1c2ccnn2ccn1Cc1nnc(Cl)s1. The lowest BCUT2D eigenvalue weighted by Gasteiger charge is -2.02. The van der Waals surface area contributed by atoms with Crippen LogP contribution in [0.2, 0.25) is 4.47 Å². The van der Waals surface area contributed by atoms with Gasteiger partial charge in [-0.05, 0) is 17.7 Å². The number of hydrogen-bond donors (Lipinski definition) is 0. The van der Waals surface area contributed by atoms with Crippen molar-refractivity contribution in [3.63, 3.8) is 0 Å². The zero-order valence-electron chi connectivity index (χ0n) is 8.45. The maximum Gasteiger partial charge on any atom is 0.276 e. The molecular formula is C9H6ClN5OS. The second-order valence-electron chi connectivity index (χ2n) is 3.34. The fourth-order valence-corrected chi connectivity index (χ4v) is 2.39.